The standard InChI is InChI=1S/C14H16ClNO4/c1-3-9(2)20-14(19)12(13(17)18)8-16-11-6-4-5-10(15)7-11/h4-9,16H,3H2,1-2H3,(H,17,18). The van der Waals surface area contributed by atoms with E-state index in [-0.39, 0.29) is 6.10 Å². The summed E-state index contributed by atoms with van der Waals surface area (Å²) in [5.74, 6) is -2.23. The molecule has 0 bridgehead atoms. The largest absolute Gasteiger partial charge is 0.477 e. The van der Waals surface area contributed by atoms with E-state index in [0.717, 1.165) is 6.20 Å². The van der Waals surface area contributed by atoms with Crippen molar-refractivity contribution in [2.75, 3.05) is 5.32 Å². The maximum atomic E-state index is 11.7. The van der Waals surface area contributed by atoms with Gasteiger partial charge in [-0.3, -0.25) is 0 Å². The highest BCUT2D eigenvalue weighted by Crippen LogP contribution is 2.15. The molecule has 6 heteroatoms. The number of nitrogens with one attached hydrogen (secondary N) is 1. The SMILES string of the molecule is CCC(C)OC(=O)C(=CNc1cccc(Cl)c1)C(=O)O. The van der Waals surface area contributed by atoms with Gasteiger partial charge in [0.15, 0.2) is 5.57 Å². The van der Waals surface area contributed by atoms with Crippen LogP contribution in [0.15, 0.2) is 36.0 Å². The van der Waals surface area contributed by atoms with Crippen LogP contribution in [0.5, 0.6) is 0 Å². The number of aliphatic carboxylic acids is 1. The summed E-state index contributed by atoms with van der Waals surface area (Å²) < 4.78 is 4.98. The Hall–Kier alpha value is -2.01. The fourth-order valence-corrected chi connectivity index (χ4v) is 1.46. The maximum Gasteiger partial charge on any atom is 0.347 e. The molecule has 108 valence electrons. The normalized spacial score (nSPS) is 12.7. The second kappa shape index (κ2) is 7.55. The van der Waals surface area contributed by atoms with Crippen LogP contribution in [0, 0.1) is 0 Å². The summed E-state index contributed by atoms with van der Waals surface area (Å²) >= 11 is 5.80. The predicted molar refractivity (Wildman–Crippen MR) is 76.6 cm³/mol. The van der Waals surface area contributed by atoms with Crippen molar-refractivity contribution >= 4 is 29.2 Å². The zero-order valence-corrected chi connectivity index (χ0v) is 12.0. The van der Waals surface area contributed by atoms with Crippen molar-refractivity contribution in [2.24, 2.45) is 0 Å². The summed E-state index contributed by atoms with van der Waals surface area (Å²) in [7, 11) is 0. The number of carbonyl (C=O) groups is 2. The van der Waals surface area contributed by atoms with Crippen LogP contribution in [0.2, 0.25) is 5.02 Å². The number of halogens is 1. The molecular formula is C14H16ClNO4. The molecule has 20 heavy (non-hydrogen) atoms. The summed E-state index contributed by atoms with van der Waals surface area (Å²) in [4.78, 5) is 22.8. The molecule has 0 radical (unpaired) electrons. The fourth-order valence-electron chi connectivity index (χ4n) is 1.27. The molecule has 1 aromatic carbocycles. The highest BCUT2D eigenvalue weighted by Gasteiger charge is 2.20. The lowest BCUT2D eigenvalue weighted by Gasteiger charge is -2.11. The molecule has 0 saturated heterocycles. The average Bonchev–Trinajstić information content (AvgIpc) is 2.38. The van der Waals surface area contributed by atoms with Crippen LogP contribution in [-0.2, 0) is 14.3 Å². The van der Waals surface area contributed by atoms with E-state index in [1.807, 2.05) is 6.92 Å². The van der Waals surface area contributed by atoms with Gasteiger partial charge in [-0.25, -0.2) is 9.59 Å². The van der Waals surface area contributed by atoms with Gasteiger partial charge < -0.3 is 15.2 Å². The van der Waals surface area contributed by atoms with Gasteiger partial charge in [-0.05, 0) is 31.5 Å². The first-order valence-electron chi connectivity index (χ1n) is 6.10. The van der Waals surface area contributed by atoms with E-state index < -0.39 is 17.5 Å². The number of anilines is 1. The van der Waals surface area contributed by atoms with Crippen molar-refractivity contribution in [3.05, 3.63) is 41.1 Å². The van der Waals surface area contributed by atoms with Crippen molar-refractivity contribution in [3.8, 4) is 0 Å². The molecule has 0 amide bonds. The smallest absolute Gasteiger partial charge is 0.347 e. The summed E-state index contributed by atoms with van der Waals surface area (Å²) in [5, 5.41) is 12.2. The van der Waals surface area contributed by atoms with Crippen molar-refractivity contribution in [2.45, 2.75) is 26.4 Å². The van der Waals surface area contributed by atoms with Gasteiger partial charge in [0.25, 0.3) is 0 Å². The molecule has 1 rings (SSSR count). The van der Waals surface area contributed by atoms with Crippen LogP contribution in [0.3, 0.4) is 0 Å². The molecule has 1 aromatic rings. The number of benzene rings is 1. The Morgan fingerprint density at radius 3 is 2.75 bits per heavy atom. The Kier molecular flexibility index (Phi) is 6.06. The molecule has 0 aliphatic rings. The zero-order valence-electron chi connectivity index (χ0n) is 11.2. The number of carbonyl (C=O) groups excluding carboxylic acids is 1. The van der Waals surface area contributed by atoms with Crippen LogP contribution < -0.4 is 5.32 Å². The Morgan fingerprint density at radius 1 is 1.50 bits per heavy atom. The Bertz CT molecular complexity index is 528. The molecule has 0 aliphatic carbocycles. The Balaban J connectivity index is 2.83. The van der Waals surface area contributed by atoms with Crippen LogP contribution >= 0.6 is 11.6 Å². The van der Waals surface area contributed by atoms with Crippen molar-refractivity contribution in [1.29, 1.82) is 0 Å². The number of esters is 1. The minimum atomic E-state index is -1.35. The van der Waals surface area contributed by atoms with Gasteiger partial charge in [-0.15, -0.1) is 0 Å². The maximum absolute atomic E-state index is 11.7. The third-order valence-corrected chi connectivity index (χ3v) is 2.78. The summed E-state index contributed by atoms with van der Waals surface area (Å²) in [6.45, 7) is 3.54. The highest BCUT2D eigenvalue weighted by atomic mass is 35.5. The lowest BCUT2D eigenvalue weighted by molar-refractivity contribution is -0.147. The number of hydrogen-bond donors (Lipinski definition) is 2. The number of hydrogen-bond acceptors (Lipinski definition) is 4. The minimum Gasteiger partial charge on any atom is -0.477 e. The summed E-state index contributed by atoms with van der Waals surface area (Å²) in [6.07, 6.45) is 1.37. The molecule has 5 nitrogen and oxygen atoms in total. The molecule has 1 atom stereocenters. The van der Waals surface area contributed by atoms with Gasteiger partial charge in [0.2, 0.25) is 0 Å². The number of carboxylic acid groups (broad SMARTS) is 1. The first kappa shape index (κ1) is 16.0. The molecule has 2 N–H and O–H groups in total. The molecular weight excluding hydrogens is 282 g/mol. The number of rotatable bonds is 6. The first-order valence-corrected chi connectivity index (χ1v) is 6.48. The van der Waals surface area contributed by atoms with Crippen LogP contribution in [0.4, 0.5) is 5.69 Å². The highest BCUT2D eigenvalue weighted by molar-refractivity contribution is 6.30. The van der Waals surface area contributed by atoms with E-state index in [1.165, 1.54) is 0 Å². The number of ether oxygens (including phenoxy) is 1. The topological polar surface area (TPSA) is 75.6 Å². The molecule has 0 heterocycles. The van der Waals surface area contributed by atoms with Crippen molar-refractivity contribution in [3.63, 3.8) is 0 Å². The van der Waals surface area contributed by atoms with E-state index in [0.29, 0.717) is 17.1 Å². The van der Waals surface area contributed by atoms with Crippen molar-refractivity contribution < 1.29 is 19.4 Å². The van der Waals surface area contributed by atoms with E-state index in [2.05, 4.69) is 5.32 Å². The van der Waals surface area contributed by atoms with E-state index in [4.69, 9.17) is 21.4 Å². The third kappa shape index (κ3) is 4.93. The fraction of sp³-hybridized carbons (Fsp3) is 0.286. The van der Waals surface area contributed by atoms with E-state index >= 15 is 0 Å². The third-order valence-electron chi connectivity index (χ3n) is 2.54. The van der Waals surface area contributed by atoms with Gasteiger partial charge in [-0.1, -0.05) is 24.6 Å². The molecule has 0 aromatic heterocycles. The lowest BCUT2D eigenvalue weighted by atomic mass is 10.2. The first-order chi connectivity index (χ1) is 9.43. The van der Waals surface area contributed by atoms with Crippen LogP contribution in [0.1, 0.15) is 20.3 Å². The van der Waals surface area contributed by atoms with E-state index in [1.54, 1.807) is 31.2 Å². The zero-order chi connectivity index (χ0) is 15.1. The molecule has 0 saturated carbocycles. The predicted octanol–water partition coefficient (Wildman–Crippen LogP) is 3.06. The van der Waals surface area contributed by atoms with Crippen LogP contribution in [0.25, 0.3) is 0 Å². The molecule has 0 aliphatic heterocycles. The molecule has 1 unspecified atom stereocenters. The lowest BCUT2D eigenvalue weighted by Crippen LogP contribution is -2.21. The summed E-state index contributed by atoms with van der Waals surface area (Å²) in [5.41, 5.74) is 0.109. The average molecular weight is 298 g/mol. The molecule has 0 fully saturated rings. The summed E-state index contributed by atoms with van der Waals surface area (Å²) in [6, 6.07) is 6.70. The molecule has 0 spiro atoms. The van der Waals surface area contributed by atoms with Gasteiger partial charge in [0.05, 0.1) is 6.10 Å². The second-order valence-electron chi connectivity index (χ2n) is 4.14. The monoisotopic (exact) mass is 297 g/mol. The van der Waals surface area contributed by atoms with Crippen molar-refractivity contribution in [1.82, 2.24) is 0 Å². The van der Waals surface area contributed by atoms with Gasteiger partial charge in [-0.2, -0.15) is 0 Å². The minimum absolute atomic E-state index is 0.337. The Labute approximate surface area is 122 Å². The quantitative estimate of drug-likeness (QED) is 0.365. The number of carboxylic acids is 1. The Morgan fingerprint density at radius 2 is 2.20 bits per heavy atom. The van der Waals surface area contributed by atoms with Gasteiger partial charge >= 0.3 is 11.9 Å². The van der Waals surface area contributed by atoms with E-state index in [9.17, 15) is 9.59 Å². The van der Waals surface area contributed by atoms with Gasteiger partial charge in [0, 0.05) is 16.9 Å². The second-order valence-corrected chi connectivity index (χ2v) is 4.58. The van der Waals surface area contributed by atoms with Crippen LogP contribution in [-0.4, -0.2) is 23.1 Å². The van der Waals surface area contributed by atoms with Gasteiger partial charge in [0.1, 0.15) is 0 Å².